The lowest BCUT2D eigenvalue weighted by molar-refractivity contribution is 0.427. The summed E-state index contributed by atoms with van der Waals surface area (Å²) in [5.41, 5.74) is 1.70. The van der Waals surface area contributed by atoms with Gasteiger partial charge in [-0.15, -0.1) is 0 Å². The van der Waals surface area contributed by atoms with Crippen LogP contribution in [-0.2, 0) is 7.05 Å². The summed E-state index contributed by atoms with van der Waals surface area (Å²) in [5.74, 6) is -0.105. The molecule has 2 heterocycles. The molecule has 3 aromatic rings. The zero-order chi connectivity index (χ0) is 18.0. The van der Waals surface area contributed by atoms with E-state index in [1.165, 1.54) is 16.7 Å². The van der Waals surface area contributed by atoms with Crippen LogP contribution in [-0.4, -0.2) is 14.5 Å². The van der Waals surface area contributed by atoms with Crippen molar-refractivity contribution in [2.75, 3.05) is 4.72 Å². The lowest BCUT2D eigenvalue weighted by atomic mass is 10.1. The number of pyridine rings is 1. The number of halogens is 1. The number of hydrogen-bond donors (Lipinski definition) is 2. The van der Waals surface area contributed by atoms with E-state index in [4.69, 9.17) is 4.74 Å². The van der Waals surface area contributed by atoms with Gasteiger partial charge in [0, 0.05) is 30.4 Å². The molecule has 8 heteroatoms. The minimum absolute atomic E-state index is 0.0499. The smallest absolute Gasteiger partial charge is 0.253 e. The summed E-state index contributed by atoms with van der Waals surface area (Å²) in [6.07, 6.45) is 1.66. The van der Waals surface area contributed by atoms with Crippen LogP contribution >= 0.6 is 12.8 Å². The standard InChI is InChI=1S/C17H15FN4O2S/c1-10-7-11(9-22(2)16(10)23)13-8-15(20-17(19-13)21-25)24-14-6-4-3-5-12(14)18/h3-9,25H,1-2H3,(H,19,20,21). The first-order valence-corrected chi connectivity index (χ1v) is 7.82. The third kappa shape index (κ3) is 3.63. The van der Waals surface area contributed by atoms with Crippen molar-refractivity contribution in [3.05, 3.63) is 64.3 Å². The Hall–Kier alpha value is -2.87. The molecule has 0 saturated carbocycles. The number of para-hydroxylation sites is 1. The van der Waals surface area contributed by atoms with Crippen molar-refractivity contribution in [3.63, 3.8) is 0 Å². The first-order valence-electron chi connectivity index (χ1n) is 7.37. The highest BCUT2D eigenvalue weighted by atomic mass is 32.1. The highest BCUT2D eigenvalue weighted by molar-refractivity contribution is 7.81. The van der Waals surface area contributed by atoms with Crippen LogP contribution < -0.4 is 15.0 Å². The third-order valence-electron chi connectivity index (χ3n) is 3.51. The van der Waals surface area contributed by atoms with Gasteiger partial charge in [0.05, 0.1) is 5.69 Å². The molecule has 0 aliphatic carbocycles. The Kier molecular flexibility index (Phi) is 4.71. The van der Waals surface area contributed by atoms with Crippen molar-refractivity contribution in [2.24, 2.45) is 7.05 Å². The average molecular weight is 358 g/mol. The Morgan fingerprint density at radius 3 is 2.68 bits per heavy atom. The van der Waals surface area contributed by atoms with Crippen LogP contribution in [0.5, 0.6) is 11.6 Å². The van der Waals surface area contributed by atoms with Gasteiger partial charge >= 0.3 is 0 Å². The summed E-state index contributed by atoms with van der Waals surface area (Å²) in [6.45, 7) is 1.72. The zero-order valence-electron chi connectivity index (χ0n) is 13.5. The summed E-state index contributed by atoms with van der Waals surface area (Å²) >= 11 is 3.96. The second-order valence-electron chi connectivity index (χ2n) is 5.39. The van der Waals surface area contributed by atoms with Gasteiger partial charge in [0.2, 0.25) is 11.8 Å². The van der Waals surface area contributed by atoms with Gasteiger partial charge in [0.1, 0.15) is 0 Å². The Bertz CT molecular complexity index is 964. The molecule has 0 amide bonds. The molecule has 0 unspecified atom stereocenters. The molecular formula is C17H15FN4O2S. The molecular weight excluding hydrogens is 343 g/mol. The summed E-state index contributed by atoms with van der Waals surface area (Å²) in [7, 11) is 1.66. The molecule has 25 heavy (non-hydrogen) atoms. The van der Waals surface area contributed by atoms with E-state index in [1.54, 1.807) is 44.4 Å². The predicted octanol–water partition coefficient (Wildman–Crippen LogP) is 3.34. The molecule has 0 radical (unpaired) electrons. The molecule has 0 bridgehead atoms. The fraction of sp³-hybridized carbons (Fsp3) is 0.118. The predicted molar refractivity (Wildman–Crippen MR) is 96.5 cm³/mol. The Labute approximate surface area is 148 Å². The number of ether oxygens (including phenoxy) is 1. The summed E-state index contributed by atoms with van der Waals surface area (Å²) in [6, 6.07) is 9.32. The first-order chi connectivity index (χ1) is 12.0. The molecule has 1 N–H and O–H groups in total. The van der Waals surface area contributed by atoms with Crippen LogP contribution in [0, 0.1) is 12.7 Å². The molecule has 2 aromatic heterocycles. The van der Waals surface area contributed by atoms with Gasteiger partial charge in [-0.1, -0.05) is 24.9 Å². The van der Waals surface area contributed by atoms with E-state index < -0.39 is 5.82 Å². The molecule has 0 saturated heterocycles. The van der Waals surface area contributed by atoms with E-state index in [1.807, 2.05) is 0 Å². The minimum atomic E-state index is -0.499. The molecule has 6 nitrogen and oxygen atoms in total. The Morgan fingerprint density at radius 2 is 2.00 bits per heavy atom. The maximum Gasteiger partial charge on any atom is 0.253 e. The van der Waals surface area contributed by atoms with Crippen molar-refractivity contribution < 1.29 is 9.13 Å². The number of aromatic nitrogens is 3. The molecule has 0 spiro atoms. The monoisotopic (exact) mass is 358 g/mol. The lowest BCUT2D eigenvalue weighted by Crippen LogP contribution is -2.18. The van der Waals surface area contributed by atoms with Crippen LogP contribution in [0.3, 0.4) is 0 Å². The quantitative estimate of drug-likeness (QED) is 0.700. The second-order valence-corrected chi connectivity index (χ2v) is 5.61. The molecule has 128 valence electrons. The normalized spacial score (nSPS) is 10.6. The van der Waals surface area contributed by atoms with Crippen LogP contribution in [0.25, 0.3) is 11.3 Å². The first kappa shape index (κ1) is 17.0. The summed E-state index contributed by atoms with van der Waals surface area (Å²) in [4.78, 5) is 20.3. The van der Waals surface area contributed by atoms with Crippen molar-refractivity contribution >= 4 is 18.8 Å². The number of nitrogens with one attached hydrogen (secondary N) is 1. The van der Waals surface area contributed by atoms with Crippen LogP contribution in [0.1, 0.15) is 5.56 Å². The molecule has 1 aromatic carbocycles. The number of hydrogen-bond acceptors (Lipinski definition) is 6. The molecule has 3 rings (SSSR count). The number of rotatable bonds is 4. The molecule has 0 fully saturated rings. The lowest BCUT2D eigenvalue weighted by Gasteiger charge is -2.10. The maximum absolute atomic E-state index is 13.8. The van der Waals surface area contributed by atoms with E-state index in [0.717, 1.165) is 0 Å². The van der Waals surface area contributed by atoms with Crippen LogP contribution in [0.2, 0.25) is 0 Å². The number of anilines is 1. The van der Waals surface area contributed by atoms with Gasteiger partial charge < -0.3 is 14.0 Å². The number of aryl methyl sites for hydroxylation is 2. The van der Waals surface area contributed by atoms with E-state index in [0.29, 0.717) is 16.8 Å². The SMILES string of the molecule is Cc1cc(-c2cc(Oc3ccccc3F)nc(NS)n2)cn(C)c1=O. The fourth-order valence-corrected chi connectivity index (χ4v) is 2.43. The van der Waals surface area contributed by atoms with Gasteiger partial charge in [-0.05, 0) is 25.1 Å². The largest absolute Gasteiger partial charge is 0.436 e. The number of thiol groups is 1. The average Bonchev–Trinajstić information content (AvgIpc) is 2.61. The Balaban J connectivity index is 2.07. The van der Waals surface area contributed by atoms with Crippen molar-refractivity contribution in [3.8, 4) is 22.9 Å². The maximum atomic E-state index is 13.8. The van der Waals surface area contributed by atoms with Gasteiger partial charge in [-0.2, -0.15) is 4.98 Å². The number of nitrogens with zero attached hydrogens (tertiary/aromatic N) is 3. The molecule has 0 aliphatic heterocycles. The number of benzene rings is 1. The molecule has 0 aliphatic rings. The highest BCUT2D eigenvalue weighted by Gasteiger charge is 2.12. The summed E-state index contributed by atoms with van der Waals surface area (Å²) < 4.78 is 23.3. The van der Waals surface area contributed by atoms with Crippen molar-refractivity contribution in [1.82, 2.24) is 14.5 Å². The zero-order valence-corrected chi connectivity index (χ0v) is 14.4. The fourth-order valence-electron chi connectivity index (χ4n) is 2.33. The van der Waals surface area contributed by atoms with Gasteiger partial charge in [-0.25, -0.2) is 9.37 Å². The van der Waals surface area contributed by atoms with Crippen LogP contribution in [0.15, 0.2) is 47.4 Å². The second kappa shape index (κ2) is 6.94. The van der Waals surface area contributed by atoms with E-state index in [2.05, 4.69) is 27.5 Å². The van der Waals surface area contributed by atoms with Crippen molar-refractivity contribution in [1.29, 1.82) is 0 Å². The van der Waals surface area contributed by atoms with E-state index in [9.17, 15) is 9.18 Å². The Morgan fingerprint density at radius 1 is 1.24 bits per heavy atom. The summed E-state index contributed by atoms with van der Waals surface area (Å²) in [5, 5.41) is 0. The van der Waals surface area contributed by atoms with E-state index >= 15 is 0 Å². The topological polar surface area (TPSA) is 69.0 Å². The van der Waals surface area contributed by atoms with Crippen LogP contribution in [0.4, 0.5) is 10.3 Å². The third-order valence-corrected chi connectivity index (χ3v) is 3.71. The molecule has 0 atom stereocenters. The van der Waals surface area contributed by atoms with Crippen molar-refractivity contribution in [2.45, 2.75) is 6.92 Å². The van der Waals surface area contributed by atoms with Gasteiger partial charge in [0.15, 0.2) is 11.6 Å². The highest BCUT2D eigenvalue weighted by Crippen LogP contribution is 2.27. The minimum Gasteiger partial charge on any atom is -0.436 e. The van der Waals surface area contributed by atoms with Gasteiger partial charge in [-0.3, -0.25) is 4.79 Å². The van der Waals surface area contributed by atoms with Gasteiger partial charge in [0.25, 0.3) is 5.56 Å². The van der Waals surface area contributed by atoms with E-state index in [-0.39, 0.29) is 23.1 Å².